The van der Waals surface area contributed by atoms with Crippen molar-refractivity contribution in [3.05, 3.63) is 83.9 Å². The lowest BCUT2D eigenvalue weighted by molar-refractivity contribution is -0.131. The van der Waals surface area contributed by atoms with E-state index < -0.39 is 0 Å². The van der Waals surface area contributed by atoms with Crippen molar-refractivity contribution in [2.45, 2.75) is 12.3 Å². The Labute approximate surface area is 195 Å². The highest BCUT2D eigenvalue weighted by Gasteiger charge is 2.25. The van der Waals surface area contributed by atoms with Gasteiger partial charge in [-0.1, -0.05) is 60.7 Å². The quantitative estimate of drug-likeness (QED) is 0.470. The maximum atomic E-state index is 13.2. The first-order chi connectivity index (χ1) is 16.2. The van der Waals surface area contributed by atoms with E-state index >= 15 is 0 Å². The molecule has 1 aliphatic heterocycles. The van der Waals surface area contributed by atoms with Gasteiger partial charge in [0.1, 0.15) is 6.61 Å². The van der Waals surface area contributed by atoms with Gasteiger partial charge < -0.3 is 19.3 Å². The Morgan fingerprint density at radius 3 is 2.03 bits per heavy atom. The number of carbonyl (C=O) groups is 1. The molecule has 2 heterocycles. The van der Waals surface area contributed by atoms with Gasteiger partial charge in [0.05, 0.1) is 6.61 Å². The second kappa shape index (κ2) is 11.4. The molecule has 0 N–H and O–H groups in total. The number of methoxy groups -OCH3 is 1. The fraction of sp³-hybridized carbons (Fsp3) is 0.346. The van der Waals surface area contributed by atoms with Gasteiger partial charge in [-0.25, -0.2) is 0 Å². The topological polar surface area (TPSA) is 67.8 Å². The van der Waals surface area contributed by atoms with Crippen LogP contribution in [0.15, 0.2) is 72.8 Å². The van der Waals surface area contributed by atoms with Crippen LogP contribution in [0.5, 0.6) is 5.88 Å². The number of rotatable bonds is 9. The van der Waals surface area contributed by atoms with Crippen molar-refractivity contribution in [3.8, 4) is 5.88 Å². The third-order valence-corrected chi connectivity index (χ3v) is 5.90. The maximum Gasteiger partial charge on any atom is 0.233 e. The smallest absolute Gasteiger partial charge is 0.233 e. The molecule has 0 unspecified atom stereocenters. The van der Waals surface area contributed by atoms with Crippen LogP contribution < -0.4 is 9.64 Å². The minimum Gasteiger partial charge on any atom is -0.474 e. The van der Waals surface area contributed by atoms with Crippen LogP contribution in [0.2, 0.25) is 0 Å². The van der Waals surface area contributed by atoms with Gasteiger partial charge in [-0.05, 0) is 17.2 Å². The van der Waals surface area contributed by atoms with E-state index in [1.165, 1.54) is 11.1 Å². The van der Waals surface area contributed by atoms with Crippen molar-refractivity contribution >= 4 is 11.7 Å². The Morgan fingerprint density at radius 1 is 0.848 bits per heavy atom. The SMILES string of the molecule is COCCOc1ccc(N2CCN(C(=O)CC(c3ccccc3)c3ccccc3)CC2)nn1. The molecule has 0 radical (unpaired) electrons. The summed E-state index contributed by atoms with van der Waals surface area (Å²) in [6.45, 7) is 3.75. The van der Waals surface area contributed by atoms with Gasteiger partial charge in [0.2, 0.25) is 11.8 Å². The molecular formula is C26H30N4O3. The van der Waals surface area contributed by atoms with Crippen LogP contribution in [-0.2, 0) is 9.53 Å². The van der Waals surface area contributed by atoms with Crippen LogP contribution in [0.4, 0.5) is 5.82 Å². The molecule has 172 valence electrons. The highest BCUT2D eigenvalue weighted by molar-refractivity contribution is 5.78. The summed E-state index contributed by atoms with van der Waals surface area (Å²) in [5, 5.41) is 8.42. The lowest BCUT2D eigenvalue weighted by Gasteiger charge is -2.36. The molecule has 1 aliphatic rings. The first-order valence-electron chi connectivity index (χ1n) is 11.3. The standard InChI is InChI=1S/C26H30N4O3/c1-32-18-19-33-25-13-12-24(27-28-25)29-14-16-30(17-15-29)26(31)20-23(21-8-4-2-5-9-21)22-10-6-3-7-11-22/h2-13,23H,14-20H2,1H3. The molecule has 0 spiro atoms. The summed E-state index contributed by atoms with van der Waals surface area (Å²) in [7, 11) is 1.63. The molecule has 1 fully saturated rings. The van der Waals surface area contributed by atoms with E-state index in [9.17, 15) is 4.79 Å². The van der Waals surface area contributed by atoms with Gasteiger partial charge in [0, 0.05) is 51.7 Å². The van der Waals surface area contributed by atoms with Crippen LogP contribution in [0.1, 0.15) is 23.5 Å². The van der Waals surface area contributed by atoms with Crippen LogP contribution >= 0.6 is 0 Å². The molecule has 3 aromatic rings. The normalized spacial score (nSPS) is 13.9. The Bertz CT molecular complexity index is 952. The number of amides is 1. The summed E-state index contributed by atoms with van der Waals surface area (Å²) < 4.78 is 10.4. The highest BCUT2D eigenvalue weighted by atomic mass is 16.5. The van der Waals surface area contributed by atoms with Crippen LogP contribution in [0.3, 0.4) is 0 Å². The average molecular weight is 447 g/mol. The summed E-state index contributed by atoms with van der Waals surface area (Å²) in [6.07, 6.45) is 0.460. The Hall–Kier alpha value is -3.45. The lowest BCUT2D eigenvalue weighted by atomic mass is 9.88. The maximum absolute atomic E-state index is 13.2. The first kappa shape index (κ1) is 22.7. The number of ether oxygens (including phenoxy) is 2. The predicted molar refractivity (Wildman–Crippen MR) is 128 cm³/mol. The van der Waals surface area contributed by atoms with E-state index in [-0.39, 0.29) is 11.8 Å². The number of carbonyl (C=O) groups excluding carboxylic acids is 1. The van der Waals surface area contributed by atoms with E-state index in [4.69, 9.17) is 9.47 Å². The summed E-state index contributed by atoms with van der Waals surface area (Å²) in [5.41, 5.74) is 2.33. The average Bonchev–Trinajstić information content (AvgIpc) is 2.89. The zero-order chi connectivity index (χ0) is 22.9. The van der Waals surface area contributed by atoms with Gasteiger partial charge in [0.15, 0.2) is 5.82 Å². The molecule has 4 rings (SSSR count). The Kier molecular flexibility index (Phi) is 7.87. The van der Waals surface area contributed by atoms with Crippen molar-refractivity contribution in [3.63, 3.8) is 0 Å². The number of anilines is 1. The molecule has 1 amide bonds. The fourth-order valence-electron chi connectivity index (χ4n) is 4.08. The molecule has 0 aliphatic carbocycles. The van der Waals surface area contributed by atoms with Gasteiger partial charge >= 0.3 is 0 Å². The van der Waals surface area contributed by atoms with Gasteiger partial charge in [0.25, 0.3) is 0 Å². The highest BCUT2D eigenvalue weighted by Crippen LogP contribution is 2.29. The Morgan fingerprint density at radius 2 is 1.48 bits per heavy atom. The molecule has 7 nitrogen and oxygen atoms in total. The van der Waals surface area contributed by atoms with E-state index in [1.54, 1.807) is 7.11 Å². The molecule has 1 aromatic heterocycles. The van der Waals surface area contributed by atoms with Crippen LogP contribution in [0.25, 0.3) is 0 Å². The minimum atomic E-state index is 0.0504. The van der Waals surface area contributed by atoms with Crippen molar-refractivity contribution < 1.29 is 14.3 Å². The fourth-order valence-corrected chi connectivity index (χ4v) is 4.08. The monoisotopic (exact) mass is 446 g/mol. The predicted octanol–water partition coefficient (Wildman–Crippen LogP) is 3.37. The summed E-state index contributed by atoms with van der Waals surface area (Å²) in [5.74, 6) is 1.51. The second-order valence-corrected chi connectivity index (χ2v) is 8.02. The van der Waals surface area contributed by atoms with E-state index in [0.717, 1.165) is 18.9 Å². The van der Waals surface area contributed by atoms with Gasteiger partial charge in [-0.3, -0.25) is 4.79 Å². The van der Waals surface area contributed by atoms with Crippen molar-refractivity contribution in [1.82, 2.24) is 15.1 Å². The zero-order valence-corrected chi connectivity index (χ0v) is 19.0. The Balaban J connectivity index is 1.35. The molecule has 1 saturated heterocycles. The number of nitrogens with zero attached hydrogens (tertiary/aromatic N) is 4. The third-order valence-electron chi connectivity index (χ3n) is 5.90. The van der Waals surface area contributed by atoms with Gasteiger partial charge in [-0.2, -0.15) is 0 Å². The zero-order valence-electron chi connectivity index (χ0n) is 19.0. The van der Waals surface area contributed by atoms with E-state index in [1.807, 2.05) is 53.4 Å². The number of hydrogen-bond donors (Lipinski definition) is 0. The molecular weight excluding hydrogens is 416 g/mol. The largest absolute Gasteiger partial charge is 0.474 e. The van der Waals surface area contributed by atoms with E-state index in [0.29, 0.717) is 38.6 Å². The third kappa shape index (κ3) is 6.08. The van der Waals surface area contributed by atoms with Crippen LogP contribution in [0, 0.1) is 0 Å². The summed E-state index contributed by atoms with van der Waals surface area (Å²) in [6, 6.07) is 24.3. The lowest BCUT2D eigenvalue weighted by Crippen LogP contribution is -2.49. The number of piperazine rings is 1. The molecule has 7 heteroatoms. The second-order valence-electron chi connectivity index (χ2n) is 8.02. The molecule has 0 saturated carbocycles. The van der Waals surface area contributed by atoms with Crippen molar-refractivity contribution in [2.75, 3.05) is 51.4 Å². The summed E-state index contributed by atoms with van der Waals surface area (Å²) in [4.78, 5) is 17.3. The molecule has 0 bridgehead atoms. The molecule has 33 heavy (non-hydrogen) atoms. The molecule has 2 aromatic carbocycles. The summed E-state index contributed by atoms with van der Waals surface area (Å²) >= 11 is 0. The van der Waals surface area contributed by atoms with Gasteiger partial charge in [-0.15, -0.1) is 10.2 Å². The number of hydrogen-bond acceptors (Lipinski definition) is 6. The van der Waals surface area contributed by atoms with Crippen molar-refractivity contribution in [2.24, 2.45) is 0 Å². The van der Waals surface area contributed by atoms with Crippen molar-refractivity contribution in [1.29, 1.82) is 0 Å². The number of aromatic nitrogens is 2. The van der Waals surface area contributed by atoms with E-state index in [2.05, 4.69) is 39.4 Å². The minimum absolute atomic E-state index is 0.0504. The number of benzene rings is 2. The first-order valence-corrected chi connectivity index (χ1v) is 11.3. The van der Waals surface area contributed by atoms with Crippen LogP contribution in [-0.4, -0.2) is 67.5 Å². The molecule has 0 atom stereocenters.